The predicted molar refractivity (Wildman–Crippen MR) is 98.9 cm³/mol. The van der Waals surface area contributed by atoms with Crippen LogP contribution in [0.15, 0.2) is 16.7 Å². The third-order valence-electron chi connectivity index (χ3n) is 3.89. The normalized spacial score (nSPS) is 11.3. The number of aryl methyl sites for hydroxylation is 3. The van der Waals surface area contributed by atoms with Crippen LogP contribution in [0.2, 0.25) is 0 Å². The third kappa shape index (κ3) is 10.8. The van der Waals surface area contributed by atoms with E-state index in [1.54, 1.807) is 6.26 Å². The van der Waals surface area contributed by atoms with Crippen molar-refractivity contribution in [1.82, 2.24) is 15.1 Å². The number of carbonyl (C=O) groups is 2. The maximum Gasteiger partial charge on any atom is 0.490 e. The molecule has 0 unspecified atom stereocenters. The first kappa shape index (κ1) is 29.0. The van der Waals surface area contributed by atoms with Crippen LogP contribution in [0.3, 0.4) is 0 Å². The van der Waals surface area contributed by atoms with Crippen molar-refractivity contribution in [2.75, 3.05) is 13.6 Å². The van der Waals surface area contributed by atoms with E-state index >= 15 is 0 Å². The van der Waals surface area contributed by atoms with E-state index in [1.807, 2.05) is 6.07 Å². The summed E-state index contributed by atoms with van der Waals surface area (Å²) in [6.45, 7) is 8.06. The zero-order chi connectivity index (χ0) is 25.3. The molecule has 0 atom stereocenters. The van der Waals surface area contributed by atoms with Crippen LogP contribution in [0.25, 0.3) is 0 Å². The molecule has 0 saturated carbocycles. The Hall–Kier alpha value is -3.03. The summed E-state index contributed by atoms with van der Waals surface area (Å²) in [7, 11) is 2.12. The Labute approximate surface area is 178 Å². The molecule has 0 aliphatic rings. The molecule has 0 aliphatic carbocycles. The third-order valence-corrected chi connectivity index (χ3v) is 3.89. The van der Waals surface area contributed by atoms with E-state index in [0.29, 0.717) is 0 Å². The molecule has 14 heteroatoms. The highest BCUT2D eigenvalue weighted by Gasteiger charge is 2.38. The first-order valence-electron chi connectivity index (χ1n) is 8.79. The minimum atomic E-state index is -5.08. The minimum Gasteiger partial charge on any atom is -0.475 e. The summed E-state index contributed by atoms with van der Waals surface area (Å²) in [6, 6.07) is 2.01. The van der Waals surface area contributed by atoms with Gasteiger partial charge in [-0.05, 0) is 51.4 Å². The molecule has 0 amide bonds. The fourth-order valence-electron chi connectivity index (χ4n) is 2.14. The van der Waals surface area contributed by atoms with Gasteiger partial charge in [-0.25, -0.2) is 9.59 Å². The number of furan rings is 1. The summed E-state index contributed by atoms with van der Waals surface area (Å²) in [6.07, 6.45) is -7.40. The van der Waals surface area contributed by atoms with Gasteiger partial charge in [0.1, 0.15) is 5.76 Å². The van der Waals surface area contributed by atoms with Crippen LogP contribution in [0.5, 0.6) is 0 Å². The van der Waals surface area contributed by atoms with Gasteiger partial charge in [0.15, 0.2) is 0 Å². The summed E-state index contributed by atoms with van der Waals surface area (Å²) in [4.78, 5) is 20.1. The molecule has 0 saturated heterocycles. The molecule has 2 heterocycles. The van der Waals surface area contributed by atoms with Gasteiger partial charge in [0.2, 0.25) is 0 Å². The van der Waals surface area contributed by atoms with Crippen LogP contribution in [0.1, 0.15) is 28.3 Å². The minimum absolute atomic E-state index is 0.856. The molecule has 0 aromatic carbocycles. The van der Waals surface area contributed by atoms with Gasteiger partial charge in [-0.2, -0.15) is 31.4 Å². The van der Waals surface area contributed by atoms with Gasteiger partial charge in [0.05, 0.1) is 18.5 Å². The predicted octanol–water partition coefficient (Wildman–Crippen LogP) is 3.87. The Kier molecular flexibility index (Phi) is 11.0. The number of nitrogens with one attached hydrogen (secondary N) is 1. The van der Waals surface area contributed by atoms with Gasteiger partial charge in [-0.15, -0.1) is 0 Å². The molecule has 2 aromatic heterocycles. The second-order valence-electron chi connectivity index (χ2n) is 6.53. The maximum absolute atomic E-state index is 10.6. The number of hydrogen-bond donors (Lipinski definition) is 3. The number of carboxylic acids is 2. The topological polar surface area (TPSA) is 120 Å². The number of aliphatic carboxylic acids is 2. The second kappa shape index (κ2) is 12.1. The van der Waals surface area contributed by atoms with E-state index in [0.717, 1.165) is 31.0 Å². The number of aromatic nitrogens is 2. The van der Waals surface area contributed by atoms with E-state index in [2.05, 4.69) is 42.9 Å². The van der Waals surface area contributed by atoms with Crippen molar-refractivity contribution >= 4 is 11.9 Å². The number of H-pyrrole nitrogens is 1. The fourth-order valence-corrected chi connectivity index (χ4v) is 2.14. The SMILES string of the molecule is Cc1ccoc1CN(C)CCc1c(C)n[nH]c1C.O=C(O)C(F)(F)F.O=C(O)C(F)(F)F. The number of rotatable bonds is 5. The van der Waals surface area contributed by atoms with Gasteiger partial charge >= 0.3 is 24.3 Å². The molecular weight excluding hydrogens is 452 g/mol. The van der Waals surface area contributed by atoms with E-state index in [1.165, 1.54) is 16.8 Å². The Morgan fingerprint density at radius 3 is 1.84 bits per heavy atom. The van der Waals surface area contributed by atoms with Crippen LogP contribution in [-0.2, 0) is 22.6 Å². The molecule has 2 rings (SSSR count). The van der Waals surface area contributed by atoms with Crippen LogP contribution in [0.4, 0.5) is 26.3 Å². The molecule has 32 heavy (non-hydrogen) atoms. The molecule has 0 bridgehead atoms. The highest BCUT2D eigenvalue weighted by molar-refractivity contribution is 5.73. The lowest BCUT2D eigenvalue weighted by Crippen LogP contribution is -2.21. The fraction of sp³-hybridized carbons (Fsp3) is 0.500. The van der Waals surface area contributed by atoms with Crippen molar-refractivity contribution in [1.29, 1.82) is 0 Å². The Bertz CT molecular complexity index is 830. The van der Waals surface area contributed by atoms with Crippen molar-refractivity contribution in [2.24, 2.45) is 0 Å². The molecule has 0 fully saturated rings. The molecule has 0 radical (unpaired) electrons. The first-order valence-corrected chi connectivity index (χ1v) is 8.79. The van der Waals surface area contributed by atoms with Crippen molar-refractivity contribution in [3.8, 4) is 0 Å². The van der Waals surface area contributed by atoms with Crippen molar-refractivity contribution in [3.05, 3.63) is 40.6 Å². The smallest absolute Gasteiger partial charge is 0.475 e. The number of aromatic amines is 1. The molecular formula is C18H23F6N3O5. The van der Waals surface area contributed by atoms with Gasteiger partial charge in [-0.1, -0.05) is 0 Å². The number of likely N-dealkylation sites (N-methyl/N-ethyl adjacent to an activating group) is 1. The lowest BCUT2D eigenvalue weighted by atomic mass is 10.1. The maximum atomic E-state index is 10.6. The summed E-state index contributed by atoms with van der Waals surface area (Å²) in [5.41, 5.74) is 4.83. The van der Waals surface area contributed by atoms with Gasteiger partial charge in [0, 0.05) is 12.2 Å². The van der Waals surface area contributed by atoms with Gasteiger partial charge < -0.3 is 14.6 Å². The monoisotopic (exact) mass is 475 g/mol. The Morgan fingerprint density at radius 1 is 1.06 bits per heavy atom. The molecule has 182 valence electrons. The highest BCUT2D eigenvalue weighted by Crippen LogP contribution is 2.15. The number of alkyl halides is 6. The Morgan fingerprint density at radius 2 is 1.53 bits per heavy atom. The second-order valence-corrected chi connectivity index (χ2v) is 6.53. The van der Waals surface area contributed by atoms with Crippen LogP contribution < -0.4 is 0 Å². The standard InChI is InChI=1S/C14H21N3O.2C2HF3O2/c1-10-6-8-18-14(10)9-17(4)7-5-13-11(2)15-16-12(13)3;2*3-2(4,5)1(6)7/h6,8H,5,7,9H2,1-4H3,(H,15,16);2*(H,6,7). The van der Waals surface area contributed by atoms with E-state index in [-0.39, 0.29) is 0 Å². The first-order chi connectivity index (χ1) is 14.5. The number of nitrogens with zero attached hydrogens (tertiary/aromatic N) is 2. The largest absolute Gasteiger partial charge is 0.490 e. The summed E-state index contributed by atoms with van der Waals surface area (Å²) in [5.74, 6) is -4.46. The quantitative estimate of drug-likeness (QED) is 0.562. The summed E-state index contributed by atoms with van der Waals surface area (Å²) >= 11 is 0. The zero-order valence-electron chi connectivity index (χ0n) is 17.6. The van der Waals surface area contributed by atoms with E-state index < -0.39 is 24.3 Å². The van der Waals surface area contributed by atoms with Crippen molar-refractivity contribution < 1.29 is 50.6 Å². The highest BCUT2D eigenvalue weighted by atomic mass is 19.4. The number of halogens is 6. The summed E-state index contributed by atoms with van der Waals surface area (Å²) < 4.78 is 68.9. The van der Waals surface area contributed by atoms with Crippen molar-refractivity contribution in [2.45, 2.75) is 46.1 Å². The molecule has 8 nitrogen and oxygen atoms in total. The lowest BCUT2D eigenvalue weighted by Gasteiger charge is -2.15. The van der Waals surface area contributed by atoms with Crippen LogP contribution in [0, 0.1) is 20.8 Å². The lowest BCUT2D eigenvalue weighted by molar-refractivity contribution is -0.193. The molecule has 2 aromatic rings. The van der Waals surface area contributed by atoms with Gasteiger partial charge in [-0.3, -0.25) is 10.00 Å². The van der Waals surface area contributed by atoms with Crippen molar-refractivity contribution in [3.63, 3.8) is 0 Å². The molecule has 3 N–H and O–H groups in total. The van der Waals surface area contributed by atoms with Gasteiger partial charge in [0.25, 0.3) is 0 Å². The Balaban J connectivity index is 0.000000570. The average Bonchev–Trinajstić information content (AvgIpc) is 3.18. The number of carboxylic acid groups (broad SMARTS) is 2. The number of hydrogen-bond acceptors (Lipinski definition) is 5. The summed E-state index contributed by atoms with van der Waals surface area (Å²) in [5, 5.41) is 21.5. The zero-order valence-corrected chi connectivity index (χ0v) is 17.6. The van der Waals surface area contributed by atoms with E-state index in [4.69, 9.17) is 24.2 Å². The molecule has 0 spiro atoms. The van der Waals surface area contributed by atoms with Crippen LogP contribution in [-0.4, -0.2) is 63.2 Å². The average molecular weight is 475 g/mol. The molecule has 0 aliphatic heterocycles. The van der Waals surface area contributed by atoms with E-state index in [9.17, 15) is 26.3 Å². The van der Waals surface area contributed by atoms with Crippen LogP contribution >= 0.6 is 0 Å².